The number of rotatable bonds is 7. The van der Waals surface area contributed by atoms with E-state index in [1.807, 2.05) is 62.4 Å². The number of aryl methyl sites for hydroxylation is 1. The molecule has 0 radical (unpaired) electrons. The lowest BCUT2D eigenvalue weighted by Crippen LogP contribution is -2.49. The van der Waals surface area contributed by atoms with Crippen molar-refractivity contribution in [2.45, 2.75) is 32.9 Å². The van der Waals surface area contributed by atoms with Crippen molar-refractivity contribution in [2.75, 3.05) is 10.6 Å². The summed E-state index contributed by atoms with van der Waals surface area (Å²) in [6.07, 6.45) is 1.50. The van der Waals surface area contributed by atoms with Crippen LogP contribution in [0.15, 0.2) is 66.7 Å². The minimum atomic E-state index is -3.64. The van der Waals surface area contributed by atoms with E-state index >= 15 is 0 Å². The van der Waals surface area contributed by atoms with Gasteiger partial charge in [-0.25, -0.2) is 8.42 Å². The van der Waals surface area contributed by atoms with Crippen molar-refractivity contribution in [3.63, 3.8) is 0 Å². The van der Waals surface area contributed by atoms with Crippen molar-refractivity contribution < 1.29 is 13.2 Å². The maximum Gasteiger partial charge on any atom is 0.244 e. The molecule has 0 bridgehead atoms. The number of hydrogen-bond acceptors (Lipinski definition) is 3. The molecule has 1 atom stereocenters. The van der Waals surface area contributed by atoms with Gasteiger partial charge in [-0.15, -0.1) is 0 Å². The Kier molecular flexibility index (Phi) is 6.23. The molecule has 1 N–H and O–H groups in total. The summed E-state index contributed by atoms with van der Waals surface area (Å²) in [4.78, 5) is 13.0. The summed E-state index contributed by atoms with van der Waals surface area (Å²) in [6.45, 7) is 4.05. The molecule has 0 aliphatic carbocycles. The fourth-order valence-electron chi connectivity index (χ4n) is 3.57. The Morgan fingerprint density at radius 2 is 1.72 bits per heavy atom. The van der Waals surface area contributed by atoms with E-state index in [2.05, 4.69) is 5.32 Å². The van der Waals surface area contributed by atoms with E-state index in [0.29, 0.717) is 18.7 Å². The van der Waals surface area contributed by atoms with Gasteiger partial charge in [-0.05, 0) is 47.4 Å². The third-order valence-electron chi connectivity index (χ3n) is 4.92. The van der Waals surface area contributed by atoms with E-state index in [1.165, 1.54) is 4.31 Å². The lowest BCUT2D eigenvalue weighted by atomic mass is 10.0. The highest BCUT2D eigenvalue weighted by atomic mass is 32.2. The molecule has 0 aliphatic rings. The number of anilines is 1. The minimum Gasteiger partial charge on any atom is -0.350 e. The summed E-state index contributed by atoms with van der Waals surface area (Å²) >= 11 is 0. The first-order chi connectivity index (χ1) is 13.8. The first-order valence-electron chi connectivity index (χ1n) is 9.61. The molecule has 3 aromatic carbocycles. The van der Waals surface area contributed by atoms with Crippen LogP contribution in [-0.2, 0) is 21.4 Å². The Bertz CT molecular complexity index is 1120. The summed E-state index contributed by atoms with van der Waals surface area (Å²) in [6, 6.07) is 20.3. The first-order valence-corrected chi connectivity index (χ1v) is 11.5. The summed E-state index contributed by atoms with van der Waals surface area (Å²) in [5.74, 6) is -0.313. The predicted octanol–water partition coefficient (Wildman–Crippen LogP) is 4.01. The average Bonchev–Trinajstić information content (AvgIpc) is 2.69. The molecule has 0 unspecified atom stereocenters. The van der Waals surface area contributed by atoms with Gasteiger partial charge in [0.1, 0.15) is 6.04 Å². The largest absolute Gasteiger partial charge is 0.350 e. The Hall–Kier alpha value is -2.86. The van der Waals surface area contributed by atoms with Crippen LogP contribution < -0.4 is 9.62 Å². The number of carbonyl (C=O) groups is 1. The normalized spacial score (nSPS) is 12.5. The van der Waals surface area contributed by atoms with Gasteiger partial charge in [0.25, 0.3) is 0 Å². The molecule has 0 heterocycles. The zero-order chi connectivity index (χ0) is 21.0. The summed E-state index contributed by atoms with van der Waals surface area (Å²) in [7, 11) is -3.64. The van der Waals surface area contributed by atoms with Gasteiger partial charge in [-0.1, -0.05) is 61.5 Å². The van der Waals surface area contributed by atoms with Gasteiger partial charge in [-0.3, -0.25) is 9.10 Å². The van der Waals surface area contributed by atoms with Crippen molar-refractivity contribution in [3.05, 3.63) is 77.9 Å². The smallest absolute Gasteiger partial charge is 0.244 e. The fraction of sp³-hybridized carbons (Fsp3) is 0.261. The molecule has 29 heavy (non-hydrogen) atoms. The molecule has 6 heteroatoms. The van der Waals surface area contributed by atoms with Gasteiger partial charge in [0.15, 0.2) is 0 Å². The standard InChI is InChI=1S/C23H26N2O3S/c1-4-22(25(29(3,27)28)20-13-7-9-17(2)15-20)23(26)24-16-19-12-8-11-18-10-5-6-14-21(18)19/h5-15,22H,4,16H2,1-3H3,(H,24,26)/t22-/m0/s1. The van der Waals surface area contributed by atoms with E-state index in [9.17, 15) is 13.2 Å². The molecule has 5 nitrogen and oxygen atoms in total. The van der Waals surface area contributed by atoms with Crippen LogP contribution in [0.2, 0.25) is 0 Å². The predicted molar refractivity (Wildman–Crippen MR) is 118 cm³/mol. The highest BCUT2D eigenvalue weighted by Gasteiger charge is 2.31. The summed E-state index contributed by atoms with van der Waals surface area (Å²) in [5, 5.41) is 5.11. The van der Waals surface area contributed by atoms with E-state index in [0.717, 1.165) is 28.2 Å². The number of hydrogen-bond donors (Lipinski definition) is 1. The molecule has 0 saturated heterocycles. The van der Waals surface area contributed by atoms with E-state index in [-0.39, 0.29) is 5.91 Å². The second kappa shape index (κ2) is 8.66. The number of nitrogens with one attached hydrogen (secondary N) is 1. The lowest BCUT2D eigenvalue weighted by molar-refractivity contribution is -0.122. The SMILES string of the molecule is CC[C@@H](C(=O)NCc1cccc2ccccc12)N(c1cccc(C)c1)S(C)(=O)=O. The van der Waals surface area contributed by atoms with Gasteiger partial charge >= 0.3 is 0 Å². The van der Waals surface area contributed by atoms with Crippen LogP contribution >= 0.6 is 0 Å². The number of amides is 1. The molecule has 152 valence electrons. The quantitative estimate of drug-likeness (QED) is 0.640. The summed E-state index contributed by atoms with van der Waals surface area (Å²) < 4.78 is 26.3. The lowest BCUT2D eigenvalue weighted by Gasteiger charge is -2.30. The first kappa shape index (κ1) is 20.9. The molecule has 0 saturated carbocycles. The van der Waals surface area contributed by atoms with Gasteiger partial charge in [-0.2, -0.15) is 0 Å². The van der Waals surface area contributed by atoms with Crippen molar-refractivity contribution in [2.24, 2.45) is 0 Å². The molecule has 1 amide bonds. The average molecular weight is 411 g/mol. The van der Waals surface area contributed by atoms with Crippen LogP contribution in [0, 0.1) is 6.92 Å². The minimum absolute atomic E-state index is 0.313. The van der Waals surface area contributed by atoms with Crippen LogP contribution in [0.4, 0.5) is 5.69 Å². The Balaban J connectivity index is 1.86. The Morgan fingerprint density at radius 1 is 1.03 bits per heavy atom. The van der Waals surface area contributed by atoms with Crippen LogP contribution in [0.5, 0.6) is 0 Å². The number of sulfonamides is 1. The second-order valence-corrected chi connectivity index (χ2v) is 9.04. The highest BCUT2D eigenvalue weighted by Crippen LogP contribution is 2.24. The number of carbonyl (C=O) groups excluding carboxylic acids is 1. The second-order valence-electron chi connectivity index (χ2n) is 7.18. The zero-order valence-electron chi connectivity index (χ0n) is 16.9. The van der Waals surface area contributed by atoms with Crippen molar-refractivity contribution in [1.82, 2.24) is 5.32 Å². The molecular formula is C23H26N2O3S. The molecular weight excluding hydrogens is 384 g/mol. The topological polar surface area (TPSA) is 66.5 Å². The highest BCUT2D eigenvalue weighted by molar-refractivity contribution is 7.92. The van der Waals surface area contributed by atoms with Crippen molar-refractivity contribution >= 4 is 32.4 Å². The molecule has 0 fully saturated rings. The molecule has 0 aliphatic heterocycles. The maximum absolute atomic E-state index is 13.0. The number of fused-ring (bicyclic) bond motifs is 1. The summed E-state index contributed by atoms with van der Waals surface area (Å²) in [5.41, 5.74) is 2.43. The van der Waals surface area contributed by atoms with Crippen LogP contribution in [0.3, 0.4) is 0 Å². The zero-order valence-corrected chi connectivity index (χ0v) is 17.7. The van der Waals surface area contributed by atoms with E-state index < -0.39 is 16.1 Å². The van der Waals surface area contributed by atoms with Gasteiger partial charge < -0.3 is 5.32 Å². The van der Waals surface area contributed by atoms with Gasteiger partial charge in [0, 0.05) is 6.54 Å². The van der Waals surface area contributed by atoms with Crippen molar-refractivity contribution in [1.29, 1.82) is 0 Å². The third kappa shape index (κ3) is 4.77. The van der Waals surface area contributed by atoms with Crippen molar-refractivity contribution in [3.8, 4) is 0 Å². The van der Waals surface area contributed by atoms with Crippen LogP contribution in [-0.4, -0.2) is 26.6 Å². The van der Waals surface area contributed by atoms with Gasteiger partial charge in [0.05, 0.1) is 11.9 Å². The Morgan fingerprint density at radius 3 is 2.41 bits per heavy atom. The third-order valence-corrected chi connectivity index (χ3v) is 6.10. The van der Waals surface area contributed by atoms with Crippen LogP contribution in [0.1, 0.15) is 24.5 Å². The molecule has 0 aromatic heterocycles. The van der Waals surface area contributed by atoms with Gasteiger partial charge in [0.2, 0.25) is 15.9 Å². The fourth-order valence-corrected chi connectivity index (χ4v) is 4.78. The monoisotopic (exact) mass is 410 g/mol. The van der Waals surface area contributed by atoms with E-state index in [1.54, 1.807) is 18.2 Å². The van der Waals surface area contributed by atoms with Crippen LogP contribution in [0.25, 0.3) is 10.8 Å². The molecule has 0 spiro atoms. The Labute approximate surface area is 172 Å². The number of benzene rings is 3. The van der Waals surface area contributed by atoms with E-state index in [4.69, 9.17) is 0 Å². The molecule has 3 aromatic rings. The number of nitrogens with zero attached hydrogens (tertiary/aromatic N) is 1. The maximum atomic E-state index is 13.0. The molecule has 3 rings (SSSR count).